The number of nitrogens with two attached hydrogens (primary N) is 1. The van der Waals surface area contributed by atoms with Crippen molar-refractivity contribution in [2.24, 2.45) is 16.6 Å². The van der Waals surface area contributed by atoms with E-state index < -0.39 is 37.2 Å². The van der Waals surface area contributed by atoms with Gasteiger partial charge in [-0.3, -0.25) is 18.7 Å². The van der Waals surface area contributed by atoms with Gasteiger partial charge in [-0.15, -0.1) is 0 Å². The number of carbonyl (C=O) groups is 2. The Kier molecular flexibility index (Phi) is 9.14. The molecule has 1 atom stereocenters. The lowest BCUT2D eigenvalue weighted by atomic mass is 9.90. The molecule has 0 rings (SSSR count). The minimum atomic E-state index is -3.51. The van der Waals surface area contributed by atoms with E-state index in [9.17, 15) is 14.2 Å². The molecule has 0 radical (unpaired) electrons. The Morgan fingerprint density at radius 3 is 2.17 bits per heavy atom. The summed E-state index contributed by atoms with van der Waals surface area (Å²) in [6.07, 6.45) is 0.650. The molecule has 1 unspecified atom stereocenters. The van der Waals surface area contributed by atoms with Crippen LogP contribution in [0.4, 0.5) is 0 Å². The Labute approximate surface area is 143 Å². The standard InChI is InChI=1S/C15H30NO7P/c1-14(2,3)13(19)21-11-23-24(20,10-6-8-16)22-9-7-15(4,5)12(17)18/h6-11,16H2,1-5H3,(H,17,18). The van der Waals surface area contributed by atoms with Gasteiger partial charge in [-0.25, -0.2) is 0 Å². The highest BCUT2D eigenvalue weighted by molar-refractivity contribution is 7.53. The van der Waals surface area contributed by atoms with Gasteiger partial charge in [-0.1, -0.05) is 0 Å². The predicted octanol–water partition coefficient (Wildman–Crippen LogP) is 2.61. The first kappa shape index (κ1) is 23.1. The van der Waals surface area contributed by atoms with Crippen molar-refractivity contribution >= 4 is 19.5 Å². The molecule has 0 saturated carbocycles. The van der Waals surface area contributed by atoms with Crippen molar-refractivity contribution in [2.45, 2.75) is 47.5 Å². The molecule has 9 heteroatoms. The molecular formula is C15H30NO7P. The summed E-state index contributed by atoms with van der Waals surface area (Å²) in [6, 6.07) is 0. The number of ether oxygens (including phenoxy) is 1. The van der Waals surface area contributed by atoms with Crippen molar-refractivity contribution in [1.29, 1.82) is 0 Å². The molecule has 0 aromatic rings. The molecule has 0 saturated heterocycles. The van der Waals surface area contributed by atoms with Gasteiger partial charge in [0, 0.05) is 0 Å². The lowest BCUT2D eigenvalue weighted by molar-refractivity contribution is -0.160. The number of carboxylic acid groups (broad SMARTS) is 1. The first-order valence-electron chi connectivity index (χ1n) is 7.83. The van der Waals surface area contributed by atoms with Gasteiger partial charge in [0.25, 0.3) is 0 Å². The van der Waals surface area contributed by atoms with Crippen LogP contribution in [0.3, 0.4) is 0 Å². The maximum atomic E-state index is 12.6. The fraction of sp³-hybridized carbons (Fsp3) is 0.867. The lowest BCUT2D eigenvalue weighted by Crippen LogP contribution is -2.25. The van der Waals surface area contributed by atoms with Gasteiger partial charge < -0.3 is 20.1 Å². The van der Waals surface area contributed by atoms with E-state index in [2.05, 4.69) is 0 Å². The van der Waals surface area contributed by atoms with E-state index in [-0.39, 0.29) is 19.2 Å². The monoisotopic (exact) mass is 367 g/mol. The zero-order valence-corrected chi connectivity index (χ0v) is 16.1. The van der Waals surface area contributed by atoms with E-state index in [4.69, 9.17) is 24.6 Å². The molecule has 0 aromatic heterocycles. The van der Waals surface area contributed by atoms with Crippen LogP contribution in [0.5, 0.6) is 0 Å². The number of carboxylic acids is 1. The second-order valence-corrected chi connectivity index (χ2v) is 9.36. The number of aliphatic carboxylic acids is 1. The molecule has 0 bridgehead atoms. The van der Waals surface area contributed by atoms with Crippen LogP contribution in [0.2, 0.25) is 0 Å². The van der Waals surface area contributed by atoms with Crippen LogP contribution in [0.15, 0.2) is 0 Å². The molecule has 24 heavy (non-hydrogen) atoms. The molecule has 3 N–H and O–H groups in total. The maximum absolute atomic E-state index is 12.6. The van der Waals surface area contributed by atoms with Crippen LogP contribution in [0, 0.1) is 10.8 Å². The molecule has 0 aromatic carbocycles. The summed E-state index contributed by atoms with van der Waals surface area (Å²) in [5, 5.41) is 9.06. The van der Waals surface area contributed by atoms with Gasteiger partial charge in [0.15, 0.2) is 0 Å². The summed E-state index contributed by atoms with van der Waals surface area (Å²) in [6.45, 7) is 7.94. The summed E-state index contributed by atoms with van der Waals surface area (Å²) in [7, 11) is -3.51. The van der Waals surface area contributed by atoms with Crippen molar-refractivity contribution in [2.75, 3.05) is 26.1 Å². The van der Waals surface area contributed by atoms with Crippen LogP contribution in [-0.4, -0.2) is 43.2 Å². The van der Waals surface area contributed by atoms with E-state index in [1.807, 2.05) is 0 Å². The Hall–Kier alpha value is -0.950. The van der Waals surface area contributed by atoms with Gasteiger partial charge >= 0.3 is 19.5 Å². The second kappa shape index (κ2) is 9.51. The second-order valence-electron chi connectivity index (χ2n) is 7.18. The van der Waals surface area contributed by atoms with E-state index in [1.165, 1.54) is 0 Å². The molecule has 8 nitrogen and oxygen atoms in total. The zero-order valence-electron chi connectivity index (χ0n) is 15.2. The Morgan fingerprint density at radius 1 is 1.12 bits per heavy atom. The number of carbonyl (C=O) groups excluding carboxylic acids is 1. The summed E-state index contributed by atoms with van der Waals surface area (Å²) in [5.74, 6) is -1.46. The topological polar surface area (TPSA) is 125 Å². The van der Waals surface area contributed by atoms with Crippen LogP contribution in [0.1, 0.15) is 47.5 Å². The Morgan fingerprint density at radius 2 is 1.71 bits per heavy atom. The van der Waals surface area contributed by atoms with Gasteiger partial charge in [-0.2, -0.15) is 0 Å². The molecule has 0 heterocycles. The number of esters is 1. The molecule has 0 aliphatic rings. The van der Waals surface area contributed by atoms with Crippen LogP contribution < -0.4 is 5.73 Å². The number of rotatable bonds is 11. The van der Waals surface area contributed by atoms with Crippen LogP contribution in [0.25, 0.3) is 0 Å². The quantitative estimate of drug-likeness (QED) is 0.324. The van der Waals surface area contributed by atoms with E-state index >= 15 is 0 Å². The third-order valence-corrected chi connectivity index (χ3v) is 5.22. The minimum Gasteiger partial charge on any atom is -0.481 e. The van der Waals surface area contributed by atoms with Gasteiger partial charge in [0.1, 0.15) is 0 Å². The SMILES string of the molecule is CC(C)(C)C(=O)OCOP(=O)(CCCN)OCCC(C)(C)C(=O)O. The molecule has 142 valence electrons. The van der Waals surface area contributed by atoms with Gasteiger partial charge in [0.05, 0.1) is 23.6 Å². The van der Waals surface area contributed by atoms with Crippen molar-refractivity contribution in [1.82, 2.24) is 0 Å². The van der Waals surface area contributed by atoms with Gasteiger partial charge in [0.2, 0.25) is 6.79 Å². The normalized spacial score (nSPS) is 14.9. The Balaban J connectivity index is 4.59. The van der Waals surface area contributed by atoms with E-state index in [0.717, 1.165) is 0 Å². The van der Waals surface area contributed by atoms with Crippen molar-refractivity contribution < 1.29 is 33.0 Å². The third-order valence-electron chi connectivity index (χ3n) is 3.28. The fourth-order valence-electron chi connectivity index (χ4n) is 1.37. The largest absolute Gasteiger partial charge is 0.481 e. The maximum Gasteiger partial charge on any atom is 0.333 e. The van der Waals surface area contributed by atoms with Crippen molar-refractivity contribution in [3.05, 3.63) is 0 Å². The van der Waals surface area contributed by atoms with Gasteiger partial charge in [-0.05, 0) is 54.0 Å². The number of hydrogen-bond donors (Lipinski definition) is 2. The average molecular weight is 367 g/mol. The van der Waals surface area contributed by atoms with E-state index in [0.29, 0.717) is 13.0 Å². The molecule has 0 aliphatic heterocycles. The minimum absolute atomic E-state index is 0.0473. The molecule has 0 aliphatic carbocycles. The van der Waals surface area contributed by atoms with Crippen molar-refractivity contribution in [3.63, 3.8) is 0 Å². The zero-order chi connectivity index (χ0) is 19.0. The Bertz CT molecular complexity index is 471. The fourth-order valence-corrected chi connectivity index (χ4v) is 2.86. The highest BCUT2D eigenvalue weighted by atomic mass is 31.2. The highest BCUT2D eigenvalue weighted by Crippen LogP contribution is 2.49. The average Bonchev–Trinajstić information content (AvgIpc) is 2.43. The molecule has 0 amide bonds. The lowest BCUT2D eigenvalue weighted by Gasteiger charge is -2.23. The predicted molar refractivity (Wildman–Crippen MR) is 89.6 cm³/mol. The van der Waals surface area contributed by atoms with Crippen LogP contribution >= 0.6 is 7.60 Å². The first-order valence-corrected chi connectivity index (χ1v) is 9.56. The highest BCUT2D eigenvalue weighted by Gasteiger charge is 2.31. The smallest absolute Gasteiger partial charge is 0.333 e. The van der Waals surface area contributed by atoms with E-state index in [1.54, 1.807) is 34.6 Å². The summed E-state index contributed by atoms with van der Waals surface area (Å²) in [5.41, 5.74) is 3.71. The van der Waals surface area contributed by atoms with Crippen molar-refractivity contribution in [3.8, 4) is 0 Å². The van der Waals surface area contributed by atoms with Crippen LogP contribution in [-0.2, 0) is 27.9 Å². The molecular weight excluding hydrogens is 337 g/mol. The number of hydrogen-bond acceptors (Lipinski definition) is 7. The first-order chi connectivity index (χ1) is 10.8. The summed E-state index contributed by atoms with van der Waals surface area (Å²) < 4.78 is 28.0. The molecule has 0 spiro atoms. The third kappa shape index (κ3) is 8.78. The molecule has 0 fully saturated rings. The summed E-state index contributed by atoms with van der Waals surface area (Å²) >= 11 is 0. The summed E-state index contributed by atoms with van der Waals surface area (Å²) in [4.78, 5) is 22.7.